The second-order valence-corrected chi connectivity index (χ2v) is 11.2. The second kappa shape index (κ2) is 10.6. The van der Waals surface area contributed by atoms with Crippen LogP contribution in [0.1, 0.15) is 42.7 Å². The van der Waals surface area contributed by atoms with Crippen molar-refractivity contribution in [3.8, 4) is 28.7 Å². The molecule has 11 heteroatoms. The summed E-state index contributed by atoms with van der Waals surface area (Å²) in [5.41, 5.74) is 2.72. The van der Waals surface area contributed by atoms with Crippen LogP contribution in [-0.2, 0) is 15.6 Å². The minimum Gasteiger partial charge on any atom is -0.494 e. The molecule has 10 nitrogen and oxygen atoms in total. The molecule has 0 radical (unpaired) electrons. The van der Waals surface area contributed by atoms with Crippen molar-refractivity contribution in [3.05, 3.63) is 71.7 Å². The molecule has 0 aliphatic rings. The molecule has 1 aromatic carbocycles. The first-order valence-corrected chi connectivity index (χ1v) is 13.5. The molecule has 0 aliphatic heterocycles. The van der Waals surface area contributed by atoms with Crippen molar-refractivity contribution >= 4 is 9.84 Å². The maximum Gasteiger partial charge on any atom is 0.187 e. The van der Waals surface area contributed by atoms with Crippen LogP contribution < -0.4 is 9.47 Å². The summed E-state index contributed by atoms with van der Waals surface area (Å²) >= 11 is 0. The summed E-state index contributed by atoms with van der Waals surface area (Å²) in [7, 11) is -0.650. The highest BCUT2D eigenvalue weighted by Gasteiger charge is 2.33. The number of pyridine rings is 1. The van der Waals surface area contributed by atoms with Gasteiger partial charge in [-0.2, -0.15) is 0 Å². The quantitative estimate of drug-likeness (QED) is 0.322. The third-order valence-electron chi connectivity index (χ3n) is 6.28. The van der Waals surface area contributed by atoms with E-state index in [-0.39, 0.29) is 11.6 Å². The summed E-state index contributed by atoms with van der Waals surface area (Å²) < 4.78 is 40.2. The number of ether oxygens (including phenoxy) is 2. The van der Waals surface area contributed by atoms with Crippen molar-refractivity contribution in [1.82, 2.24) is 29.7 Å². The van der Waals surface area contributed by atoms with Crippen LogP contribution in [0.4, 0.5) is 0 Å². The molecule has 0 spiro atoms. The minimum absolute atomic E-state index is 0.213. The monoisotopic (exact) mass is 522 g/mol. The van der Waals surface area contributed by atoms with E-state index in [1.165, 1.54) is 14.2 Å². The lowest BCUT2D eigenvalue weighted by Crippen LogP contribution is -2.27. The zero-order valence-electron chi connectivity index (χ0n) is 21.7. The average molecular weight is 523 g/mol. The molecule has 3 aromatic heterocycles. The maximum atomic E-state index is 13.7. The molecule has 0 N–H and O–H groups in total. The van der Waals surface area contributed by atoms with Crippen LogP contribution >= 0.6 is 0 Å². The Balaban J connectivity index is 1.83. The van der Waals surface area contributed by atoms with Gasteiger partial charge in [0.1, 0.15) is 34.5 Å². The fraction of sp³-hybridized carbons (Fsp3) is 0.346. The number of methoxy groups -OCH3 is 2. The summed E-state index contributed by atoms with van der Waals surface area (Å²) in [5.74, 6) is 1.20. The number of rotatable bonds is 9. The molecular weight excluding hydrogens is 492 g/mol. The highest BCUT2D eigenvalue weighted by molar-refractivity contribution is 7.91. The number of para-hydroxylation sites is 1. The summed E-state index contributed by atoms with van der Waals surface area (Å²) in [6.07, 6.45) is 3.37. The lowest BCUT2D eigenvalue weighted by molar-refractivity contribution is 0.390. The molecule has 0 aliphatic carbocycles. The molecule has 0 saturated carbocycles. The Labute approximate surface area is 216 Å². The van der Waals surface area contributed by atoms with Gasteiger partial charge in [0.25, 0.3) is 0 Å². The van der Waals surface area contributed by atoms with Gasteiger partial charge in [0.05, 0.1) is 19.5 Å². The van der Waals surface area contributed by atoms with Crippen LogP contribution in [0, 0.1) is 13.8 Å². The first-order valence-electron chi connectivity index (χ1n) is 11.8. The zero-order valence-corrected chi connectivity index (χ0v) is 22.5. The van der Waals surface area contributed by atoms with Crippen molar-refractivity contribution in [3.63, 3.8) is 0 Å². The smallest absolute Gasteiger partial charge is 0.187 e. The predicted octanol–water partition coefficient (Wildman–Crippen LogP) is 3.86. The lowest BCUT2D eigenvalue weighted by atomic mass is 10.1. The van der Waals surface area contributed by atoms with Crippen LogP contribution in [0.25, 0.3) is 17.2 Å². The normalized spacial score (nSPS) is 13.2. The highest BCUT2D eigenvalue weighted by atomic mass is 32.2. The van der Waals surface area contributed by atoms with E-state index in [0.717, 1.165) is 11.3 Å². The van der Waals surface area contributed by atoms with Gasteiger partial charge in [-0.1, -0.05) is 19.1 Å². The van der Waals surface area contributed by atoms with Crippen LogP contribution in [-0.4, -0.2) is 57.6 Å². The highest BCUT2D eigenvalue weighted by Crippen LogP contribution is 2.36. The lowest BCUT2D eigenvalue weighted by Gasteiger charge is -2.20. The Bertz CT molecular complexity index is 1480. The Morgan fingerprint density at radius 1 is 0.919 bits per heavy atom. The number of aryl methyl sites for hydroxylation is 2. The molecule has 0 amide bonds. The molecule has 0 fully saturated rings. The largest absolute Gasteiger partial charge is 0.494 e. The SMILES string of the molecule is COc1cccc(OC)c1-n1c(CS(=O)(=O)[C@@H](C)[C@H](C)c2ncc(C)cn2)nnc1-c1cccc(C)n1. The van der Waals surface area contributed by atoms with Crippen molar-refractivity contribution in [2.75, 3.05) is 14.2 Å². The van der Waals surface area contributed by atoms with Gasteiger partial charge < -0.3 is 9.47 Å². The second-order valence-electron chi connectivity index (χ2n) is 8.87. The van der Waals surface area contributed by atoms with Crippen LogP contribution in [0.3, 0.4) is 0 Å². The van der Waals surface area contributed by atoms with E-state index in [0.29, 0.717) is 34.5 Å². The topological polar surface area (TPSA) is 122 Å². The van der Waals surface area contributed by atoms with E-state index < -0.39 is 21.0 Å². The van der Waals surface area contributed by atoms with Crippen molar-refractivity contribution in [1.29, 1.82) is 0 Å². The van der Waals surface area contributed by atoms with E-state index in [2.05, 4.69) is 25.1 Å². The standard InChI is InChI=1S/C26H30N6O4S/c1-16-13-27-25(28-14-16)18(3)19(4)37(33,34)15-23-30-31-26(20-10-7-9-17(2)29-20)32(23)24-21(35-5)11-8-12-22(24)36-6/h7-14,18-19H,15H2,1-6H3/t18-,19-/m0/s1. The van der Waals surface area contributed by atoms with Gasteiger partial charge in [-0.05, 0) is 50.6 Å². The van der Waals surface area contributed by atoms with E-state index >= 15 is 0 Å². The number of nitrogens with zero attached hydrogens (tertiary/aromatic N) is 6. The van der Waals surface area contributed by atoms with Crippen molar-refractivity contribution in [2.45, 2.75) is 44.6 Å². The Morgan fingerprint density at radius 3 is 2.14 bits per heavy atom. The molecule has 194 valence electrons. The number of benzene rings is 1. The molecule has 3 heterocycles. The van der Waals surface area contributed by atoms with Gasteiger partial charge in [-0.25, -0.2) is 23.4 Å². The number of aromatic nitrogens is 6. The molecular formula is C26H30N6O4S. The van der Waals surface area contributed by atoms with Crippen LogP contribution in [0.5, 0.6) is 11.5 Å². The van der Waals surface area contributed by atoms with Gasteiger partial charge in [0, 0.05) is 24.0 Å². The Morgan fingerprint density at radius 2 is 1.54 bits per heavy atom. The number of hydrogen-bond donors (Lipinski definition) is 0. The predicted molar refractivity (Wildman–Crippen MR) is 140 cm³/mol. The third kappa shape index (κ3) is 5.31. The maximum absolute atomic E-state index is 13.7. The molecule has 0 unspecified atom stereocenters. The van der Waals surface area contributed by atoms with Gasteiger partial charge in [-0.15, -0.1) is 10.2 Å². The van der Waals surface area contributed by atoms with Crippen molar-refractivity contribution in [2.24, 2.45) is 0 Å². The molecule has 37 heavy (non-hydrogen) atoms. The molecule has 0 saturated heterocycles. The van der Waals surface area contributed by atoms with E-state index in [1.54, 1.807) is 48.1 Å². The van der Waals surface area contributed by atoms with Gasteiger partial charge in [-0.3, -0.25) is 4.57 Å². The Hall–Kier alpha value is -3.86. The fourth-order valence-corrected chi connectivity index (χ4v) is 5.55. The summed E-state index contributed by atoms with van der Waals surface area (Å²) in [4.78, 5) is 13.3. The first-order chi connectivity index (χ1) is 17.7. The first kappa shape index (κ1) is 26.2. The van der Waals surface area contributed by atoms with E-state index in [1.807, 2.05) is 32.9 Å². The minimum atomic E-state index is -3.72. The fourth-order valence-electron chi connectivity index (χ4n) is 4.00. The van der Waals surface area contributed by atoms with Gasteiger partial charge in [0.15, 0.2) is 21.5 Å². The molecule has 4 rings (SSSR count). The molecule has 2 atom stereocenters. The van der Waals surface area contributed by atoms with Gasteiger partial charge >= 0.3 is 0 Å². The summed E-state index contributed by atoms with van der Waals surface area (Å²) in [6.45, 7) is 7.23. The zero-order chi connectivity index (χ0) is 26.7. The molecule has 0 bridgehead atoms. The third-order valence-corrected chi connectivity index (χ3v) is 8.48. The van der Waals surface area contributed by atoms with Crippen LogP contribution in [0.15, 0.2) is 48.8 Å². The van der Waals surface area contributed by atoms with Crippen molar-refractivity contribution < 1.29 is 17.9 Å². The summed E-state index contributed by atoms with van der Waals surface area (Å²) in [6, 6.07) is 10.9. The average Bonchev–Trinajstić information content (AvgIpc) is 3.29. The van der Waals surface area contributed by atoms with Gasteiger partial charge in [0.2, 0.25) is 0 Å². The van der Waals surface area contributed by atoms with E-state index in [9.17, 15) is 8.42 Å². The number of sulfone groups is 1. The summed E-state index contributed by atoms with van der Waals surface area (Å²) in [5, 5.41) is 7.90. The molecule has 4 aromatic rings. The van der Waals surface area contributed by atoms with E-state index in [4.69, 9.17) is 9.47 Å². The number of hydrogen-bond acceptors (Lipinski definition) is 9. The Kier molecular flexibility index (Phi) is 7.53. The van der Waals surface area contributed by atoms with Crippen LogP contribution in [0.2, 0.25) is 0 Å².